The highest BCUT2D eigenvalue weighted by Crippen LogP contribution is 2.18. The van der Waals surface area contributed by atoms with Crippen LogP contribution in [0.25, 0.3) is 0 Å². The van der Waals surface area contributed by atoms with E-state index < -0.39 is 0 Å². The second kappa shape index (κ2) is 10.7. The third-order valence-electron chi connectivity index (χ3n) is 4.67. The van der Waals surface area contributed by atoms with E-state index >= 15 is 0 Å². The maximum absolute atomic E-state index is 12.1. The highest BCUT2D eigenvalue weighted by molar-refractivity contribution is 7.99. The Balaban J connectivity index is 1.81. The summed E-state index contributed by atoms with van der Waals surface area (Å²) in [4.78, 5) is 14.6. The largest absolute Gasteiger partial charge is 0.489 e. The van der Waals surface area contributed by atoms with Crippen LogP contribution in [-0.2, 0) is 11.3 Å². The van der Waals surface area contributed by atoms with Crippen molar-refractivity contribution in [1.29, 1.82) is 0 Å². The lowest BCUT2D eigenvalue weighted by molar-refractivity contribution is -0.125. The second-order valence-corrected chi connectivity index (χ2v) is 7.95. The van der Waals surface area contributed by atoms with Crippen LogP contribution in [0.5, 0.6) is 5.75 Å². The van der Waals surface area contributed by atoms with Crippen LogP contribution in [0, 0.1) is 5.92 Å². The van der Waals surface area contributed by atoms with Crippen molar-refractivity contribution in [2.24, 2.45) is 5.92 Å². The van der Waals surface area contributed by atoms with Gasteiger partial charge in [0.15, 0.2) is 0 Å². The average molecular weight is 365 g/mol. The number of rotatable bonds is 9. The number of carbonyl (C=O) groups is 1. The fourth-order valence-corrected chi connectivity index (χ4v) is 4.04. The lowest BCUT2D eigenvalue weighted by Crippen LogP contribution is -2.37. The molecule has 0 radical (unpaired) electrons. The van der Waals surface area contributed by atoms with Gasteiger partial charge in [0.05, 0.1) is 6.54 Å². The zero-order valence-electron chi connectivity index (χ0n) is 15.8. The van der Waals surface area contributed by atoms with Gasteiger partial charge in [0, 0.05) is 37.1 Å². The molecule has 0 saturated carbocycles. The summed E-state index contributed by atoms with van der Waals surface area (Å²) >= 11 is 2.03. The first kappa shape index (κ1) is 20.1. The minimum Gasteiger partial charge on any atom is -0.489 e. The van der Waals surface area contributed by atoms with E-state index in [0.29, 0.717) is 6.54 Å². The first-order chi connectivity index (χ1) is 12.1. The molecule has 1 heterocycles. The van der Waals surface area contributed by atoms with Gasteiger partial charge < -0.3 is 10.1 Å². The first-order valence-electron chi connectivity index (χ1n) is 9.45. The number of thioether (sulfide) groups is 1. The molecule has 0 unspecified atom stereocenters. The Hall–Kier alpha value is -1.20. The molecule has 0 bridgehead atoms. The molecule has 1 saturated heterocycles. The van der Waals surface area contributed by atoms with Crippen molar-refractivity contribution < 1.29 is 9.53 Å². The van der Waals surface area contributed by atoms with Crippen LogP contribution in [0.15, 0.2) is 24.3 Å². The third kappa shape index (κ3) is 6.90. The Kier molecular flexibility index (Phi) is 8.62. The minimum atomic E-state index is -0.0417. The van der Waals surface area contributed by atoms with E-state index in [1.54, 1.807) is 0 Å². The van der Waals surface area contributed by atoms with Gasteiger partial charge in [-0.25, -0.2) is 0 Å². The summed E-state index contributed by atoms with van der Waals surface area (Å²) in [6.07, 6.45) is 1.73. The van der Waals surface area contributed by atoms with Crippen molar-refractivity contribution in [3.8, 4) is 5.75 Å². The lowest BCUT2D eigenvalue weighted by atomic mass is 10.0. The standard InChI is InChI=1S/C20H32N2O2S/c1-4-18(5-2)20(23)21-14-16(3)24-19-8-6-7-17(13-19)15-22-9-11-25-12-10-22/h6-8,13,16,18H,4-5,9-12,14-15H2,1-3H3,(H,21,23)/t16-/m0/s1. The molecule has 5 heteroatoms. The fourth-order valence-electron chi connectivity index (χ4n) is 3.06. The van der Waals surface area contributed by atoms with Gasteiger partial charge in [-0.15, -0.1) is 0 Å². The molecule has 1 aliphatic rings. The molecule has 0 spiro atoms. The summed E-state index contributed by atoms with van der Waals surface area (Å²) in [6, 6.07) is 8.34. The molecule has 1 atom stereocenters. The smallest absolute Gasteiger partial charge is 0.223 e. The van der Waals surface area contributed by atoms with Gasteiger partial charge >= 0.3 is 0 Å². The molecule has 1 aromatic carbocycles. The van der Waals surface area contributed by atoms with E-state index in [1.807, 2.05) is 24.8 Å². The van der Waals surface area contributed by atoms with Gasteiger partial charge in [-0.3, -0.25) is 9.69 Å². The van der Waals surface area contributed by atoms with Crippen LogP contribution in [0.1, 0.15) is 39.2 Å². The van der Waals surface area contributed by atoms with Crippen LogP contribution in [0.2, 0.25) is 0 Å². The molecule has 0 aliphatic carbocycles. The zero-order valence-corrected chi connectivity index (χ0v) is 16.6. The summed E-state index contributed by atoms with van der Waals surface area (Å²) in [5.74, 6) is 3.58. The third-order valence-corrected chi connectivity index (χ3v) is 5.61. The Bertz CT molecular complexity index is 528. The van der Waals surface area contributed by atoms with E-state index in [1.165, 1.54) is 17.1 Å². The maximum atomic E-state index is 12.1. The van der Waals surface area contributed by atoms with E-state index in [0.717, 1.165) is 38.2 Å². The Labute approximate surface area is 156 Å². The number of amides is 1. The molecular formula is C20H32N2O2S. The number of carbonyl (C=O) groups excluding carboxylic acids is 1. The van der Waals surface area contributed by atoms with Crippen LogP contribution in [0.3, 0.4) is 0 Å². The summed E-state index contributed by atoms with van der Waals surface area (Å²) in [7, 11) is 0. The Morgan fingerprint density at radius 2 is 2.00 bits per heavy atom. The number of ether oxygens (including phenoxy) is 1. The van der Waals surface area contributed by atoms with Crippen LogP contribution >= 0.6 is 11.8 Å². The van der Waals surface area contributed by atoms with Gasteiger partial charge in [0.1, 0.15) is 11.9 Å². The molecule has 1 aromatic rings. The average Bonchev–Trinajstić information content (AvgIpc) is 2.62. The van der Waals surface area contributed by atoms with Crippen molar-refractivity contribution in [1.82, 2.24) is 10.2 Å². The number of hydrogen-bond acceptors (Lipinski definition) is 4. The van der Waals surface area contributed by atoms with Crippen LogP contribution in [-0.4, -0.2) is 48.1 Å². The monoisotopic (exact) mass is 364 g/mol. The predicted octanol–water partition coefficient (Wildman–Crippen LogP) is 3.56. The second-order valence-electron chi connectivity index (χ2n) is 6.72. The summed E-state index contributed by atoms with van der Waals surface area (Å²) in [5.41, 5.74) is 1.29. The molecule has 1 N–H and O–H groups in total. The fraction of sp³-hybridized carbons (Fsp3) is 0.650. The SMILES string of the molecule is CCC(CC)C(=O)NC[C@H](C)Oc1cccc(CN2CCSCC2)c1. The molecule has 1 aliphatic heterocycles. The molecule has 0 aromatic heterocycles. The summed E-state index contributed by atoms with van der Waals surface area (Å²) in [5, 5.41) is 3.01. The van der Waals surface area contributed by atoms with E-state index in [4.69, 9.17) is 4.74 Å². The van der Waals surface area contributed by atoms with Crippen molar-refractivity contribution in [2.75, 3.05) is 31.1 Å². The summed E-state index contributed by atoms with van der Waals surface area (Å²) in [6.45, 7) is 9.96. The Morgan fingerprint density at radius 1 is 1.28 bits per heavy atom. The number of benzene rings is 1. The van der Waals surface area contributed by atoms with Gasteiger partial charge in [-0.1, -0.05) is 26.0 Å². The number of nitrogens with one attached hydrogen (secondary N) is 1. The van der Waals surface area contributed by atoms with Crippen molar-refractivity contribution in [2.45, 2.75) is 46.3 Å². The molecule has 140 valence electrons. The quantitative estimate of drug-likeness (QED) is 0.727. The predicted molar refractivity (Wildman–Crippen MR) is 106 cm³/mol. The topological polar surface area (TPSA) is 41.6 Å². The van der Waals surface area contributed by atoms with E-state index in [9.17, 15) is 4.79 Å². The zero-order chi connectivity index (χ0) is 18.1. The highest BCUT2D eigenvalue weighted by atomic mass is 32.2. The van der Waals surface area contributed by atoms with Crippen molar-refractivity contribution >= 4 is 17.7 Å². The van der Waals surface area contributed by atoms with Gasteiger partial charge in [0.25, 0.3) is 0 Å². The molecule has 1 fully saturated rings. The number of hydrogen-bond donors (Lipinski definition) is 1. The molecule has 2 rings (SSSR count). The van der Waals surface area contributed by atoms with Crippen molar-refractivity contribution in [3.63, 3.8) is 0 Å². The molecule has 1 amide bonds. The van der Waals surface area contributed by atoms with Gasteiger partial charge in [-0.2, -0.15) is 11.8 Å². The highest BCUT2D eigenvalue weighted by Gasteiger charge is 2.15. The maximum Gasteiger partial charge on any atom is 0.223 e. The van der Waals surface area contributed by atoms with E-state index in [2.05, 4.69) is 42.3 Å². The lowest BCUT2D eigenvalue weighted by Gasteiger charge is -2.26. The molecule has 4 nitrogen and oxygen atoms in total. The van der Waals surface area contributed by atoms with Crippen LogP contribution < -0.4 is 10.1 Å². The summed E-state index contributed by atoms with van der Waals surface area (Å²) < 4.78 is 6.00. The minimum absolute atomic E-state index is 0.0417. The molecule has 25 heavy (non-hydrogen) atoms. The van der Waals surface area contributed by atoms with Crippen LogP contribution in [0.4, 0.5) is 0 Å². The van der Waals surface area contributed by atoms with E-state index in [-0.39, 0.29) is 17.9 Å². The van der Waals surface area contributed by atoms with Crippen molar-refractivity contribution in [3.05, 3.63) is 29.8 Å². The normalized spacial score (nSPS) is 16.6. The van der Waals surface area contributed by atoms with Gasteiger partial charge in [0.2, 0.25) is 5.91 Å². The van der Waals surface area contributed by atoms with Gasteiger partial charge in [-0.05, 0) is 37.5 Å². The Morgan fingerprint density at radius 3 is 2.68 bits per heavy atom. The first-order valence-corrected chi connectivity index (χ1v) is 10.6. The molecular weight excluding hydrogens is 332 g/mol. The number of nitrogens with zero attached hydrogens (tertiary/aromatic N) is 1.